The van der Waals surface area contributed by atoms with E-state index in [0.29, 0.717) is 12.1 Å². The molecule has 0 heterocycles. The van der Waals surface area contributed by atoms with Crippen LogP contribution in [0.4, 0.5) is 26.3 Å². The molecule has 0 aromatic heterocycles. The summed E-state index contributed by atoms with van der Waals surface area (Å²) < 4.78 is 78.3. The molecule has 25 heavy (non-hydrogen) atoms. The number of hydrogen-bond acceptors (Lipinski definition) is 2. The van der Waals surface area contributed by atoms with Gasteiger partial charge in [-0.1, -0.05) is 13.0 Å². The van der Waals surface area contributed by atoms with E-state index in [2.05, 4.69) is 0 Å². The third-order valence-corrected chi connectivity index (χ3v) is 3.99. The maximum absolute atomic E-state index is 13.0. The summed E-state index contributed by atoms with van der Waals surface area (Å²) in [5, 5.41) is 8.93. The Labute approximate surface area is 140 Å². The second-order valence-electron chi connectivity index (χ2n) is 5.98. The number of alkyl halides is 6. The molecule has 0 radical (unpaired) electrons. The van der Waals surface area contributed by atoms with Gasteiger partial charge in [-0.2, -0.15) is 26.3 Å². The van der Waals surface area contributed by atoms with E-state index >= 15 is 0 Å². The molecule has 1 aromatic rings. The normalized spacial score (nSPS) is 15.0. The SMILES string of the molecule is CC(CCc1c(C(F)(F)F)cccc1C(F)(F)F)CC(CN)C(=O)O. The predicted molar refractivity (Wildman–Crippen MR) is 78.7 cm³/mol. The monoisotopic (exact) mass is 371 g/mol. The van der Waals surface area contributed by atoms with Crippen molar-refractivity contribution in [1.82, 2.24) is 0 Å². The highest BCUT2D eigenvalue weighted by Gasteiger charge is 2.40. The number of rotatable bonds is 7. The first-order valence-corrected chi connectivity index (χ1v) is 7.57. The molecule has 0 saturated heterocycles. The first-order chi connectivity index (χ1) is 11.4. The van der Waals surface area contributed by atoms with Crippen molar-refractivity contribution in [1.29, 1.82) is 0 Å². The van der Waals surface area contributed by atoms with Crippen LogP contribution in [-0.4, -0.2) is 17.6 Å². The van der Waals surface area contributed by atoms with E-state index in [4.69, 9.17) is 10.8 Å². The van der Waals surface area contributed by atoms with Gasteiger partial charge in [0.05, 0.1) is 17.0 Å². The summed E-state index contributed by atoms with van der Waals surface area (Å²) in [5.74, 6) is -2.41. The molecule has 0 aliphatic rings. The van der Waals surface area contributed by atoms with Crippen LogP contribution < -0.4 is 5.73 Å². The van der Waals surface area contributed by atoms with Crippen molar-refractivity contribution < 1.29 is 36.2 Å². The molecule has 0 spiro atoms. The Morgan fingerprint density at radius 3 is 1.96 bits per heavy atom. The molecule has 142 valence electrons. The van der Waals surface area contributed by atoms with Gasteiger partial charge in [-0.3, -0.25) is 4.79 Å². The summed E-state index contributed by atoms with van der Waals surface area (Å²) in [6, 6.07) is 1.97. The molecule has 9 heteroatoms. The lowest BCUT2D eigenvalue weighted by molar-refractivity contribution is -0.144. The number of halogens is 6. The smallest absolute Gasteiger partial charge is 0.416 e. The molecule has 0 bridgehead atoms. The third kappa shape index (κ3) is 5.91. The lowest BCUT2D eigenvalue weighted by atomic mass is 9.88. The van der Waals surface area contributed by atoms with Crippen molar-refractivity contribution in [3.8, 4) is 0 Å². The maximum atomic E-state index is 13.0. The number of benzene rings is 1. The maximum Gasteiger partial charge on any atom is 0.416 e. The number of carboxylic acid groups (broad SMARTS) is 1. The first-order valence-electron chi connectivity index (χ1n) is 7.57. The lowest BCUT2D eigenvalue weighted by Crippen LogP contribution is -2.25. The van der Waals surface area contributed by atoms with Gasteiger partial charge in [0.2, 0.25) is 0 Å². The standard InChI is InChI=1S/C16H19F6NO2/c1-9(7-10(8-23)14(24)25)5-6-11-12(15(17,18)19)3-2-4-13(11)16(20,21)22/h2-4,9-10H,5-8,23H2,1H3,(H,24,25). The Balaban J connectivity index is 3.05. The molecule has 0 fully saturated rings. The Morgan fingerprint density at radius 2 is 1.60 bits per heavy atom. The van der Waals surface area contributed by atoms with Crippen LogP contribution >= 0.6 is 0 Å². The highest BCUT2D eigenvalue weighted by Crippen LogP contribution is 2.40. The quantitative estimate of drug-likeness (QED) is 0.701. The summed E-state index contributed by atoms with van der Waals surface area (Å²) in [5.41, 5.74) is 1.87. The summed E-state index contributed by atoms with van der Waals surface area (Å²) in [7, 11) is 0. The molecule has 3 nitrogen and oxygen atoms in total. The minimum atomic E-state index is -4.90. The van der Waals surface area contributed by atoms with Crippen LogP contribution in [0, 0.1) is 11.8 Å². The summed E-state index contributed by atoms with van der Waals surface area (Å²) >= 11 is 0. The van der Waals surface area contributed by atoms with Gasteiger partial charge in [-0.15, -0.1) is 0 Å². The summed E-state index contributed by atoms with van der Waals surface area (Å²) in [6.07, 6.45) is -10.2. The van der Waals surface area contributed by atoms with E-state index in [-0.39, 0.29) is 19.4 Å². The zero-order chi connectivity index (χ0) is 19.4. The number of carboxylic acids is 1. The number of carbonyl (C=O) groups is 1. The molecule has 0 aliphatic carbocycles. The van der Waals surface area contributed by atoms with Crippen molar-refractivity contribution >= 4 is 5.97 Å². The van der Waals surface area contributed by atoms with E-state index in [9.17, 15) is 31.1 Å². The van der Waals surface area contributed by atoms with Crippen molar-refractivity contribution in [3.63, 3.8) is 0 Å². The Hall–Kier alpha value is -1.77. The van der Waals surface area contributed by atoms with Gasteiger partial charge in [0, 0.05) is 6.54 Å². The molecule has 3 N–H and O–H groups in total. The van der Waals surface area contributed by atoms with Gasteiger partial charge < -0.3 is 10.8 Å². The van der Waals surface area contributed by atoms with Gasteiger partial charge >= 0.3 is 18.3 Å². The van der Waals surface area contributed by atoms with E-state index in [1.54, 1.807) is 6.92 Å². The fourth-order valence-corrected chi connectivity index (χ4v) is 2.68. The molecular weight excluding hydrogens is 352 g/mol. The average molecular weight is 371 g/mol. The van der Waals surface area contributed by atoms with E-state index in [0.717, 1.165) is 6.07 Å². The Morgan fingerprint density at radius 1 is 1.12 bits per heavy atom. The Kier molecular flexibility index (Phi) is 6.87. The van der Waals surface area contributed by atoms with Crippen molar-refractivity contribution in [3.05, 3.63) is 34.9 Å². The molecule has 0 amide bonds. The first kappa shape index (κ1) is 21.3. The highest BCUT2D eigenvalue weighted by molar-refractivity contribution is 5.70. The predicted octanol–water partition coefficient (Wildman–Crippen LogP) is 4.34. The molecule has 1 rings (SSSR count). The third-order valence-electron chi connectivity index (χ3n) is 3.99. The second kappa shape index (κ2) is 8.07. The van der Waals surface area contributed by atoms with Crippen LogP contribution in [-0.2, 0) is 23.6 Å². The molecule has 0 saturated carbocycles. The average Bonchev–Trinajstić information content (AvgIpc) is 2.48. The van der Waals surface area contributed by atoms with Crippen LogP contribution in [0.3, 0.4) is 0 Å². The number of aliphatic carboxylic acids is 1. The topological polar surface area (TPSA) is 63.3 Å². The summed E-state index contributed by atoms with van der Waals surface area (Å²) in [4.78, 5) is 10.9. The zero-order valence-electron chi connectivity index (χ0n) is 13.4. The lowest BCUT2D eigenvalue weighted by Gasteiger charge is -2.21. The summed E-state index contributed by atoms with van der Waals surface area (Å²) in [6.45, 7) is 1.43. The van der Waals surface area contributed by atoms with Gasteiger partial charge in [0.25, 0.3) is 0 Å². The fourth-order valence-electron chi connectivity index (χ4n) is 2.68. The van der Waals surface area contributed by atoms with E-state index < -0.39 is 53.3 Å². The van der Waals surface area contributed by atoms with Gasteiger partial charge in [-0.25, -0.2) is 0 Å². The molecule has 2 atom stereocenters. The Bertz CT molecular complexity index is 565. The largest absolute Gasteiger partial charge is 0.481 e. The van der Waals surface area contributed by atoms with E-state index in [1.807, 2.05) is 0 Å². The molecule has 0 aliphatic heterocycles. The van der Waals surface area contributed by atoms with Crippen molar-refractivity contribution in [2.75, 3.05) is 6.54 Å². The molecule has 1 aromatic carbocycles. The van der Waals surface area contributed by atoms with Crippen LogP contribution in [0.2, 0.25) is 0 Å². The minimum Gasteiger partial charge on any atom is -0.481 e. The van der Waals surface area contributed by atoms with Gasteiger partial charge in [-0.05, 0) is 42.9 Å². The van der Waals surface area contributed by atoms with Crippen LogP contribution in [0.15, 0.2) is 18.2 Å². The number of nitrogens with two attached hydrogens (primary N) is 1. The highest BCUT2D eigenvalue weighted by atomic mass is 19.4. The van der Waals surface area contributed by atoms with Crippen LogP contribution in [0.5, 0.6) is 0 Å². The van der Waals surface area contributed by atoms with Crippen molar-refractivity contribution in [2.45, 2.75) is 38.5 Å². The zero-order valence-corrected chi connectivity index (χ0v) is 13.4. The molecule has 2 unspecified atom stereocenters. The van der Waals surface area contributed by atoms with Gasteiger partial charge in [0.15, 0.2) is 0 Å². The van der Waals surface area contributed by atoms with E-state index in [1.165, 1.54) is 0 Å². The molecular formula is C16H19F6NO2. The van der Waals surface area contributed by atoms with Crippen LogP contribution in [0.1, 0.15) is 36.5 Å². The van der Waals surface area contributed by atoms with Crippen molar-refractivity contribution in [2.24, 2.45) is 17.6 Å². The number of hydrogen-bond donors (Lipinski definition) is 2. The minimum absolute atomic E-state index is 0.0139. The van der Waals surface area contributed by atoms with Crippen LogP contribution in [0.25, 0.3) is 0 Å². The fraction of sp³-hybridized carbons (Fsp3) is 0.562. The second-order valence-corrected chi connectivity index (χ2v) is 5.98. The van der Waals surface area contributed by atoms with Gasteiger partial charge in [0.1, 0.15) is 0 Å².